The molecule has 0 heteroatoms. The zero-order valence-electron chi connectivity index (χ0n) is 6.70. The van der Waals surface area contributed by atoms with Crippen LogP contribution in [0, 0.1) is 16.7 Å². The van der Waals surface area contributed by atoms with Crippen LogP contribution in [-0.2, 0) is 0 Å². The first kappa shape index (κ1) is 5.76. The molecule has 0 aliphatic heterocycles. The molecular formula is C9H16. The van der Waals surface area contributed by atoms with E-state index in [1.807, 2.05) is 0 Å². The second kappa shape index (κ2) is 1.21. The molecule has 9 heavy (non-hydrogen) atoms. The average Bonchev–Trinajstić information content (AvgIpc) is 2.06. The molecule has 2 aliphatic carbocycles. The van der Waals surface area contributed by atoms with Crippen LogP contribution >= 0.6 is 0 Å². The number of rotatable bonds is 0. The summed E-state index contributed by atoms with van der Waals surface area (Å²) in [6.07, 6.45) is 4.58. The maximum atomic E-state index is 2.40. The van der Waals surface area contributed by atoms with Crippen LogP contribution in [0.1, 0.15) is 40.0 Å². The SMILES string of the molecule is CC(C)(C)C12CCC1C2. The first-order chi connectivity index (χ1) is 4.06. The Hall–Kier alpha value is 0. The molecule has 2 saturated carbocycles. The molecule has 2 fully saturated rings. The van der Waals surface area contributed by atoms with E-state index in [9.17, 15) is 0 Å². The topological polar surface area (TPSA) is 0 Å². The molecule has 0 saturated heterocycles. The summed E-state index contributed by atoms with van der Waals surface area (Å²) >= 11 is 0. The van der Waals surface area contributed by atoms with Gasteiger partial charge in [0.15, 0.2) is 0 Å². The fraction of sp³-hybridized carbons (Fsp3) is 1.00. The van der Waals surface area contributed by atoms with Crippen molar-refractivity contribution in [3.63, 3.8) is 0 Å². The van der Waals surface area contributed by atoms with Crippen molar-refractivity contribution in [2.24, 2.45) is 16.7 Å². The first-order valence-electron chi connectivity index (χ1n) is 4.06. The van der Waals surface area contributed by atoms with Gasteiger partial charge >= 0.3 is 0 Å². The second-order valence-corrected chi connectivity index (χ2v) is 4.85. The van der Waals surface area contributed by atoms with E-state index in [1.165, 1.54) is 19.3 Å². The lowest BCUT2D eigenvalue weighted by molar-refractivity contribution is 0.115. The third kappa shape index (κ3) is 0.500. The third-order valence-electron chi connectivity index (χ3n) is 3.66. The molecule has 0 nitrogen and oxygen atoms in total. The van der Waals surface area contributed by atoms with E-state index in [-0.39, 0.29) is 0 Å². The Morgan fingerprint density at radius 1 is 1.33 bits per heavy atom. The standard InChI is InChI=1S/C9H16/c1-8(2,3)9-5-4-7(9)6-9/h7H,4-6H2,1-3H3. The summed E-state index contributed by atoms with van der Waals surface area (Å²) in [6.45, 7) is 7.18. The molecule has 0 heterocycles. The predicted molar refractivity (Wildman–Crippen MR) is 39.2 cm³/mol. The van der Waals surface area contributed by atoms with Crippen LogP contribution in [0.15, 0.2) is 0 Å². The summed E-state index contributed by atoms with van der Waals surface area (Å²) in [5.41, 5.74) is 1.43. The Morgan fingerprint density at radius 2 is 2.00 bits per heavy atom. The molecule has 0 N–H and O–H groups in total. The number of hydrogen-bond acceptors (Lipinski definition) is 0. The maximum Gasteiger partial charge on any atom is -0.0217 e. The molecule has 0 aromatic rings. The van der Waals surface area contributed by atoms with Gasteiger partial charge in [-0.05, 0) is 36.0 Å². The summed E-state index contributed by atoms with van der Waals surface area (Å²) in [6, 6.07) is 0. The van der Waals surface area contributed by atoms with Gasteiger partial charge in [0.1, 0.15) is 0 Å². The van der Waals surface area contributed by atoms with Gasteiger partial charge in [-0.15, -0.1) is 0 Å². The van der Waals surface area contributed by atoms with Gasteiger partial charge in [-0.1, -0.05) is 20.8 Å². The van der Waals surface area contributed by atoms with E-state index in [0.717, 1.165) is 11.3 Å². The smallest absolute Gasteiger partial charge is 0.0217 e. The minimum atomic E-state index is 0.607. The predicted octanol–water partition coefficient (Wildman–Crippen LogP) is 2.83. The summed E-state index contributed by atoms with van der Waals surface area (Å²) < 4.78 is 0. The van der Waals surface area contributed by atoms with Crippen molar-refractivity contribution in [3.8, 4) is 0 Å². The summed E-state index contributed by atoms with van der Waals surface area (Å²) in [7, 11) is 0. The zero-order valence-corrected chi connectivity index (χ0v) is 6.70. The van der Waals surface area contributed by atoms with Gasteiger partial charge in [-0.3, -0.25) is 0 Å². The van der Waals surface area contributed by atoms with E-state index in [0.29, 0.717) is 5.41 Å². The highest BCUT2D eigenvalue weighted by atomic mass is 14.7. The van der Waals surface area contributed by atoms with Gasteiger partial charge in [0, 0.05) is 0 Å². The molecule has 52 valence electrons. The molecule has 0 aromatic heterocycles. The summed E-state index contributed by atoms with van der Waals surface area (Å²) in [5, 5.41) is 0. The van der Waals surface area contributed by atoms with Crippen LogP contribution in [0.2, 0.25) is 0 Å². The Balaban J connectivity index is 2.15. The zero-order chi connectivity index (χ0) is 6.70. The lowest BCUT2D eigenvalue weighted by atomic mass is 9.67. The van der Waals surface area contributed by atoms with Crippen LogP contribution in [0.25, 0.3) is 0 Å². The van der Waals surface area contributed by atoms with Crippen molar-refractivity contribution in [2.45, 2.75) is 40.0 Å². The molecule has 0 amide bonds. The fourth-order valence-electron chi connectivity index (χ4n) is 2.58. The number of fused-ring (bicyclic) bond motifs is 1. The van der Waals surface area contributed by atoms with Crippen LogP contribution in [0.4, 0.5) is 0 Å². The monoisotopic (exact) mass is 124 g/mol. The Bertz CT molecular complexity index is 137. The van der Waals surface area contributed by atoms with Gasteiger partial charge < -0.3 is 0 Å². The highest BCUT2D eigenvalue weighted by Crippen LogP contribution is 2.75. The van der Waals surface area contributed by atoms with Crippen molar-refractivity contribution in [3.05, 3.63) is 0 Å². The second-order valence-electron chi connectivity index (χ2n) is 4.85. The quantitative estimate of drug-likeness (QED) is 0.466. The summed E-state index contributed by atoms with van der Waals surface area (Å²) in [5.74, 6) is 1.14. The van der Waals surface area contributed by atoms with Crippen LogP contribution in [-0.4, -0.2) is 0 Å². The van der Waals surface area contributed by atoms with Gasteiger partial charge in [-0.25, -0.2) is 0 Å². The lowest BCUT2D eigenvalue weighted by Gasteiger charge is -2.38. The highest BCUT2D eigenvalue weighted by molar-refractivity contribution is 5.15. The van der Waals surface area contributed by atoms with E-state index < -0.39 is 0 Å². The largest absolute Gasteiger partial charge is 0.0596 e. The van der Waals surface area contributed by atoms with Crippen molar-refractivity contribution in [1.82, 2.24) is 0 Å². The normalized spacial score (nSPS) is 47.7. The van der Waals surface area contributed by atoms with E-state index in [2.05, 4.69) is 20.8 Å². The van der Waals surface area contributed by atoms with E-state index in [1.54, 1.807) is 0 Å². The average molecular weight is 124 g/mol. The van der Waals surface area contributed by atoms with Gasteiger partial charge in [0.05, 0.1) is 0 Å². The van der Waals surface area contributed by atoms with Gasteiger partial charge in [0.25, 0.3) is 0 Å². The van der Waals surface area contributed by atoms with Crippen LogP contribution in [0.3, 0.4) is 0 Å². The maximum absolute atomic E-state index is 2.40. The van der Waals surface area contributed by atoms with E-state index in [4.69, 9.17) is 0 Å². The lowest BCUT2D eigenvalue weighted by Crippen LogP contribution is -2.29. The fourth-order valence-corrected chi connectivity index (χ4v) is 2.58. The van der Waals surface area contributed by atoms with Crippen LogP contribution in [0.5, 0.6) is 0 Å². The Morgan fingerprint density at radius 3 is 2.00 bits per heavy atom. The molecule has 0 aromatic carbocycles. The minimum Gasteiger partial charge on any atom is -0.0596 e. The molecule has 2 rings (SSSR count). The van der Waals surface area contributed by atoms with E-state index >= 15 is 0 Å². The first-order valence-corrected chi connectivity index (χ1v) is 4.06. The number of hydrogen-bond donors (Lipinski definition) is 0. The van der Waals surface area contributed by atoms with Crippen molar-refractivity contribution >= 4 is 0 Å². The third-order valence-corrected chi connectivity index (χ3v) is 3.66. The molecule has 2 aliphatic rings. The molecule has 2 unspecified atom stereocenters. The molecule has 2 atom stereocenters. The van der Waals surface area contributed by atoms with Crippen LogP contribution < -0.4 is 0 Å². The molecule has 0 radical (unpaired) electrons. The Kier molecular flexibility index (Phi) is 0.774. The van der Waals surface area contributed by atoms with Gasteiger partial charge in [-0.2, -0.15) is 0 Å². The van der Waals surface area contributed by atoms with Crippen molar-refractivity contribution in [1.29, 1.82) is 0 Å². The van der Waals surface area contributed by atoms with Crippen molar-refractivity contribution in [2.75, 3.05) is 0 Å². The molecule has 0 bridgehead atoms. The summed E-state index contributed by atoms with van der Waals surface area (Å²) in [4.78, 5) is 0. The minimum absolute atomic E-state index is 0.607. The molecule has 0 spiro atoms. The highest BCUT2D eigenvalue weighted by Gasteiger charge is 2.66. The van der Waals surface area contributed by atoms with Crippen molar-refractivity contribution < 1.29 is 0 Å². The Labute approximate surface area is 57.6 Å². The van der Waals surface area contributed by atoms with Gasteiger partial charge in [0.2, 0.25) is 0 Å². The molecular weight excluding hydrogens is 108 g/mol.